The first-order chi connectivity index (χ1) is 12.0. The molecule has 0 radical (unpaired) electrons. The zero-order valence-corrected chi connectivity index (χ0v) is 15.6. The van der Waals surface area contributed by atoms with Gasteiger partial charge < -0.3 is 4.74 Å². The van der Waals surface area contributed by atoms with Crippen LogP contribution in [0.1, 0.15) is 25.1 Å². The van der Waals surface area contributed by atoms with E-state index in [1.807, 2.05) is 17.5 Å². The molecule has 25 heavy (non-hydrogen) atoms. The summed E-state index contributed by atoms with van der Waals surface area (Å²) in [4.78, 5) is 19.9. The molecule has 0 atom stereocenters. The van der Waals surface area contributed by atoms with Gasteiger partial charge in [-0.3, -0.25) is 14.1 Å². The Morgan fingerprint density at radius 2 is 2.00 bits per heavy atom. The SMILES string of the molecule is COc1ccc(CN(Cc2cc(=O)n3ccsc3n2)CC(C)C)cc1. The third-order valence-electron chi connectivity index (χ3n) is 3.93. The molecule has 0 unspecified atom stereocenters. The van der Waals surface area contributed by atoms with Gasteiger partial charge in [0.1, 0.15) is 5.75 Å². The maximum atomic E-state index is 12.2. The van der Waals surface area contributed by atoms with Crippen LogP contribution >= 0.6 is 11.3 Å². The van der Waals surface area contributed by atoms with Gasteiger partial charge in [-0.05, 0) is 23.6 Å². The van der Waals surface area contributed by atoms with Crippen molar-refractivity contribution in [3.8, 4) is 5.75 Å². The number of fused-ring (bicyclic) bond motifs is 1. The molecule has 0 aliphatic carbocycles. The molecule has 0 aliphatic heterocycles. The fraction of sp³-hybridized carbons (Fsp3) is 0.368. The summed E-state index contributed by atoms with van der Waals surface area (Å²) >= 11 is 1.48. The minimum absolute atomic E-state index is 0.0183. The van der Waals surface area contributed by atoms with Crippen LogP contribution in [0.3, 0.4) is 0 Å². The second-order valence-electron chi connectivity index (χ2n) is 6.55. The molecule has 6 heteroatoms. The van der Waals surface area contributed by atoms with Crippen LogP contribution in [0.5, 0.6) is 5.75 Å². The van der Waals surface area contributed by atoms with Crippen molar-refractivity contribution in [3.05, 3.63) is 63.5 Å². The lowest BCUT2D eigenvalue weighted by molar-refractivity contribution is 0.225. The highest BCUT2D eigenvalue weighted by Crippen LogP contribution is 2.16. The minimum Gasteiger partial charge on any atom is -0.497 e. The highest BCUT2D eigenvalue weighted by atomic mass is 32.1. The number of hydrogen-bond donors (Lipinski definition) is 0. The topological polar surface area (TPSA) is 46.8 Å². The molecule has 2 heterocycles. The average Bonchev–Trinajstić information content (AvgIpc) is 3.04. The number of hydrogen-bond acceptors (Lipinski definition) is 5. The predicted molar refractivity (Wildman–Crippen MR) is 101 cm³/mol. The first-order valence-corrected chi connectivity index (χ1v) is 9.24. The van der Waals surface area contributed by atoms with Crippen LogP contribution < -0.4 is 10.3 Å². The Hall–Kier alpha value is -2.18. The van der Waals surface area contributed by atoms with Crippen LogP contribution in [0.15, 0.2) is 46.7 Å². The lowest BCUT2D eigenvalue weighted by atomic mass is 10.1. The molecule has 3 rings (SSSR count). The van der Waals surface area contributed by atoms with Gasteiger partial charge in [0, 0.05) is 37.3 Å². The van der Waals surface area contributed by atoms with Crippen LogP contribution in [0.2, 0.25) is 0 Å². The van der Waals surface area contributed by atoms with Gasteiger partial charge in [0.05, 0.1) is 12.8 Å². The molecule has 1 aromatic carbocycles. The van der Waals surface area contributed by atoms with Gasteiger partial charge in [0.2, 0.25) is 0 Å². The van der Waals surface area contributed by atoms with E-state index in [0.29, 0.717) is 12.5 Å². The van der Waals surface area contributed by atoms with Crippen molar-refractivity contribution in [1.29, 1.82) is 0 Å². The van der Waals surface area contributed by atoms with Gasteiger partial charge in [-0.15, -0.1) is 11.3 Å². The molecule has 2 aromatic heterocycles. The van der Waals surface area contributed by atoms with Gasteiger partial charge in [-0.2, -0.15) is 0 Å². The maximum absolute atomic E-state index is 12.2. The zero-order chi connectivity index (χ0) is 17.8. The Morgan fingerprint density at radius 3 is 2.68 bits per heavy atom. The highest BCUT2D eigenvalue weighted by Gasteiger charge is 2.12. The first kappa shape index (κ1) is 17.6. The van der Waals surface area contributed by atoms with Crippen LogP contribution in [-0.2, 0) is 13.1 Å². The van der Waals surface area contributed by atoms with E-state index in [4.69, 9.17) is 4.74 Å². The number of methoxy groups -OCH3 is 1. The number of benzene rings is 1. The normalized spacial score (nSPS) is 11.6. The lowest BCUT2D eigenvalue weighted by Gasteiger charge is -2.24. The summed E-state index contributed by atoms with van der Waals surface area (Å²) in [6.45, 7) is 6.82. The summed E-state index contributed by atoms with van der Waals surface area (Å²) < 4.78 is 6.81. The Kier molecular flexibility index (Phi) is 5.50. The van der Waals surface area contributed by atoms with Crippen molar-refractivity contribution in [2.45, 2.75) is 26.9 Å². The largest absolute Gasteiger partial charge is 0.497 e. The molecule has 0 fully saturated rings. The monoisotopic (exact) mass is 357 g/mol. The standard InChI is InChI=1S/C19H23N3O2S/c1-14(2)11-21(12-15-4-6-17(24-3)7-5-15)13-16-10-18(23)22-8-9-25-19(22)20-16/h4-10,14H,11-13H2,1-3H3. The van der Waals surface area contributed by atoms with Crippen molar-refractivity contribution in [1.82, 2.24) is 14.3 Å². The van der Waals surface area contributed by atoms with Gasteiger partial charge in [0.15, 0.2) is 4.96 Å². The van der Waals surface area contributed by atoms with E-state index in [1.165, 1.54) is 16.9 Å². The summed E-state index contributed by atoms with van der Waals surface area (Å²) in [6, 6.07) is 9.76. The average molecular weight is 357 g/mol. The fourth-order valence-corrected chi connectivity index (χ4v) is 3.63. The summed E-state index contributed by atoms with van der Waals surface area (Å²) in [5, 5.41) is 1.89. The second-order valence-corrected chi connectivity index (χ2v) is 7.43. The molecule has 0 aliphatic rings. The summed E-state index contributed by atoms with van der Waals surface area (Å²) in [5.74, 6) is 1.39. The second kappa shape index (κ2) is 7.80. The highest BCUT2D eigenvalue weighted by molar-refractivity contribution is 7.15. The van der Waals surface area contributed by atoms with E-state index in [-0.39, 0.29) is 5.56 Å². The van der Waals surface area contributed by atoms with Gasteiger partial charge in [0.25, 0.3) is 5.56 Å². The molecule has 5 nitrogen and oxygen atoms in total. The van der Waals surface area contributed by atoms with E-state index in [0.717, 1.165) is 29.5 Å². The third kappa shape index (κ3) is 4.46. The molecule has 0 saturated heterocycles. The van der Waals surface area contributed by atoms with E-state index < -0.39 is 0 Å². The van der Waals surface area contributed by atoms with E-state index in [9.17, 15) is 4.79 Å². The lowest BCUT2D eigenvalue weighted by Crippen LogP contribution is -2.28. The molecule has 0 spiro atoms. The van der Waals surface area contributed by atoms with Crippen molar-refractivity contribution < 1.29 is 4.74 Å². The zero-order valence-electron chi connectivity index (χ0n) is 14.8. The molecule has 0 amide bonds. The Morgan fingerprint density at radius 1 is 1.24 bits per heavy atom. The van der Waals surface area contributed by atoms with E-state index >= 15 is 0 Å². The van der Waals surface area contributed by atoms with Crippen LogP contribution in [-0.4, -0.2) is 27.9 Å². The molecule has 0 saturated carbocycles. The molecule has 0 bridgehead atoms. The minimum atomic E-state index is -0.0183. The summed E-state index contributed by atoms with van der Waals surface area (Å²) in [5.41, 5.74) is 2.02. The fourth-order valence-electron chi connectivity index (χ4n) is 2.89. The van der Waals surface area contributed by atoms with Gasteiger partial charge >= 0.3 is 0 Å². The maximum Gasteiger partial charge on any atom is 0.258 e. The van der Waals surface area contributed by atoms with Crippen LogP contribution in [0, 0.1) is 5.92 Å². The van der Waals surface area contributed by atoms with E-state index in [2.05, 4.69) is 35.9 Å². The summed E-state index contributed by atoms with van der Waals surface area (Å²) in [7, 11) is 1.67. The molecular formula is C19H23N3O2S. The number of aromatic nitrogens is 2. The quantitative estimate of drug-likeness (QED) is 0.650. The van der Waals surface area contributed by atoms with Crippen molar-refractivity contribution in [2.24, 2.45) is 5.92 Å². The Bertz CT molecular complexity index is 884. The number of nitrogens with zero attached hydrogens (tertiary/aromatic N) is 3. The summed E-state index contributed by atoms with van der Waals surface area (Å²) in [6.07, 6.45) is 1.77. The number of thiazole rings is 1. The first-order valence-electron chi connectivity index (χ1n) is 8.36. The molecule has 0 N–H and O–H groups in total. The Balaban J connectivity index is 1.80. The van der Waals surface area contributed by atoms with Crippen molar-refractivity contribution >= 4 is 16.3 Å². The molecular weight excluding hydrogens is 334 g/mol. The molecule has 132 valence electrons. The smallest absolute Gasteiger partial charge is 0.258 e. The number of rotatable bonds is 7. The number of ether oxygens (including phenoxy) is 1. The Labute approximate surface area is 151 Å². The van der Waals surface area contributed by atoms with Crippen LogP contribution in [0.25, 0.3) is 4.96 Å². The van der Waals surface area contributed by atoms with Crippen molar-refractivity contribution in [3.63, 3.8) is 0 Å². The third-order valence-corrected chi connectivity index (χ3v) is 4.69. The van der Waals surface area contributed by atoms with Crippen LogP contribution in [0.4, 0.5) is 0 Å². The van der Waals surface area contributed by atoms with Crippen molar-refractivity contribution in [2.75, 3.05) is 13.7 Å². The van der Waals surface area contributed by atoms with Gasteiger partial charge in [-0.25, -0.2) is 4.98 Å². The van der Waals surface area contributed by atoms with E-state index in [1.54, 1.807) is 23.8 Å². The van der Waals surface area contributed by atoms with Gasteiger partial charge in [-0.1, -0.05) is 26.0 Å². The molecule has 3 aromatic rings. The predicted octanol–water partition coefficient (Wildman–Crippen LogP) is 3.42.